The van der Waals surface area contributed by atoms with Crippen molar-refractivity contribution in [1.82, 2.24) is 4.98 Å². The Kier molecular flexibility index (Phi) is 3.72. The number of rotatable bonds is 2. The molecular weight excluding hydrogens is 282 g/mol. The summed E-state index contributed by atoms with van der Waals surface area (Å²) in [5.74, 6) is 0. The van der Waals surface area contributed by atoms with E-state index in [0.29, 0.717) is 5.69 Å². The summed E-state index contributed by atoms with van der Waals surface area (Å²) in [6.07, 6.45) is 1.58. The minimum absolute atomic E-state index is 0.291. The Hall–Kier alpha value is -1.88. The molecule has 4 nitrogen and oxygen atoms in total. The number of para-hydroxylation sites is 1. The lowest BCUT2D eigenvalue weighted by Gasteiger charge is -2.06. The van der Waals surface area contributed by atoms with Crippen LogP contribution in [0.3, 0.4) is 0 Å². The zero-order valence-electron chi connectivity index (χ0n) is 8.85. The van der Waals surface area contributed by atoms with Gasteiger partial charge >= 0.3 is 6.03 Å². The fourth-order valence-electron chi connectivity index (χ4n) is 1.26. The van der Waals surface area contributed by atoms with Gasteiger partial charge in [0, 0.05) is 5.69 Å². The molecule has 1 heterocycles. The quantitative estimate of drug-likeness (QED) is 0.832. The third kappa shape index (κ3) is 3.57. The van der Waals surface area contributed by atoms with Gasteiger partial charge in [0.05, 0.1) is 11.9 Å². The van der Waals surface area contributed by atoms with Gasteiger partial charge in [-0.1, -0.05) is 18.2 Å². The fraction of sp³-hybridized carbons (Fsp3) is 0. The number of hydrogen-bond donors (Lipinski definition) is 2. The standard InChI is InChI=1S/C12H10BrN3O/c13-11-7-6-10(8-14-11)16-12(17)15-9-4-2-1-3-5-9/h1-8H,(H2,15,16,17). The van der Waals surface area contributed by atoms with Gasteiger partial charge in [0.2, 0.25) is 0 Å². The molecule has 0 unspecified atom stereocenters. The third-order valence-corrected chi connectivity index (χ3v) is 2.49. The summed E-state index contributed by atoms with van der Waals surface area (Å²) in [7, 11) is 0. The minimum Gasteiger partial charge on any atom is -0.308 e. The summed E-state index contributed by atoms with van der Waals surface area (Å²) in [6, 6.07) is 12.5. The molecule has 0 saturated carbocycles. The monoisotopic (exact) mass is 291 g/mol. The lowest BCUT2D eigenvalue weighted by Crippen LogP contribution is -2.19. The Bertz CT molecular complexity index is 499. The van der Waals surface area contributed by atoms with Crippen LogP contribution in [0.4, 0.5) is 16.2 Å². The molecule has 0 bridgehead atoms. The molecule has 2 amide bonds. The first-order valence-electron chi connectivity index (χ1n) is 4.98. The maximum Gasteiger partial charge on any atom is 0.323 e. The number of benzene rings is 1. The summed E-state index contributed by atoms with van der Waals surface area (Å²) in [5, 5.41) is 5.40. The lowest BCUT2D eigenvalue weighted by molar-refractivity contribution is 0.262. The summed E-state index contributed by atoms with van der Waals surface area (Å²) in [5.41, 5.74) is 1.39. The molecule has 0 spiro atoms. The van der Waals surface area contributed by atoms with Gasteiger partial charge in [-0.25, -0.2) is 9.78 Å². The second-order valence-electron chi connectivity index (χ2n) is 3.31. The number of nitrogens with zero attached hydrogens (tertiary/aromatic N) is 1. The number of amides is 2. The molecule has 0 aliphatic rings. The summed E-state index contributed by atoms with van der Waals surface area (Å²) in [4.78, 5) is 15.6. The Balaban J connectivity index is 1.96. The van der Waals surface area contributed by atoms with Crippen molar-refractivity contribution in [3.05, 3.63) is 53.3 Å². The highest BCUT2D eigenvalue weighted by Gasteiger charge is 2.01. The zero-order valence-corrected chi connectivity index (χ0v) is 10.4. The average molecular weight is 292 g/mol. The van der Waals surface area contributed by atoms with E-state index in [4.69, 9.17) is 0 Å². The normalized spacial score (nSPS) is 9.71. The molecule has 0 atom stereocenters. The van der Waals surface area contributed by atoms with Crippen molar-refractivity contribution in [2.75, 3.05) is 10.6 Å². The Morgan fingerprint density at radius 3 is 2.35 bits per heavy atom. The van der Waals surface area contributed by atoms with E-state index < -0.39 is 0 Å². The van der Waals surface area contributed by atoms with Crippen LogP contribution in [0.15, 0.2) is 53.3 Å². The van der Waals surface area contributed by atoms with Crippen molar-refractivity contribution in [2.24, 2.45) is 0 Å². The van der Waals surface area contributed by atoms with Crippen molar-refractivity contribution in [3.63, 3.8) is 0 Å². The predicted octanol–water partition coefficient (Wildman–Crippen LogP) is 3.49. The number of urea groups is 1. The van der Waals surface area contributed by atoms with E-state index in [1.807, 2.05) is 30.3 Å². The summed E-state index contributed by atoms with van der Waals surface area (Å²) >= 11 is 3.23. The first kappa shape index (κ1) is 11.6. The molecule has 0 fully saturated rings. The number of hydrogen-bond acceptors (Lipinski definition) is 2. The van der Waals surface area contributed by atoms with Gasteiger partial charge in [-0.05, 0) is 40.2 Å². The van der Waals surface area contributed by atoms with Crippen LogP contribution in [-0.2, 0) is 0 Å². The minimum atomic E-state index is -0.291. The van der Waals surface area contributed by atoms with Crippen LogP contribution >= 0.6 is 15.9 Å². The van der Waals surface area contributed by atoms with Crippen LogP contribution in [0.5, 0.6) is 0 Å². The maximum atomic E-state index is 11.6. The van der Waals surface area contributed by atoms with Crippen LogP contribution in [0.1, 0.15) is 0 Å². The van der Waals surface area contributed by atoms with E-state index in [1.165, 1.54) is 0 Å². The molecule has 0 saturated heterocycles. The number of halogens is 1. The molecule has 1 aromatic heterocycles. The van der Waals surface area contributed by atoms with Crippen LogP contribution in [0.25, 0.3) is 0 Å². The predicted molar refractivity (Wildman–Crippen MR) is 71.0 cm³/mol. The number of anilines is 2. The van der Waals surface area contributed by atoms with Crippen LogP contribution in [0, 0.1) is 0 Å². The van der Waals surface area contributed by atoms with Crippen molar-refractivity contribution in [3.8, 4) is 0 Å². The highest BCUT2D eigenvalue weighted by molar-refractivity contribution is 9.10. The SMILES string of the molecule is O=C(Nc1ccccc1)Nc1ccc(Br)nc1. The molecule has 2 aromatic rings. The molecule has 5 heteroatoms. The molecule has 2 rings (SSSR count). The first-order chi connectivity index (χ1) is 8.24. The van der Waals surface area contributed by atoms with E-state index >= 15 is 0 Å². The number of aromatic nitrogens is 1. The Morgan fingerprint density at radius 1 is 1.00 bits per heavy atom. The molecule has 1 aromatic carbocycles. The largest absolute Gasteiger partial charge is 0.323 e. The average Bonchev–Trinajstić information content (AvgIpc) is 2.33. The molecule has 0 radical (unpaired) electrons. The molecular formula is C12H10BrN3O. The molecule has 17 heavy (non-hydrogen) atoms. The fourth-order valence-corrected chi connectivity index (χ4v) is 1.50. The van der Waals surface area contributed by atoms with Crippen LogP contribution in [0.2, 0.25) is 0 Å². The van der Waals surface area contributed by atoms with Crippen molar-refractivity contribution in [2.45, 2.75) is 0 Å². The highest BCUT2D eigenvalue weighted by Crippen LogP contribution is 2.11. The van der Waals surface area contributed by atoms with Gasteiger partial charge < -0.3 is 10.6 Å². The third-order valence-electron chi connectivity index (χ3n) is 2.02. The summed E-state index contributed by atoms with van der Waals surface area (Å²) in [6.45, 7) is 0. The van der Waals surface area contributed by atoms with Gasteiger partial charge in [0.25, 0.3) is 0 Å². The molecule has 0 aliphatic heterocycles. The molecule has 2 N–H and O–H groups in total. The van der Waals surface area contributed by atoms with E-state index in [9.17, 15) is 4.79 Å². The highest BCUT2D eigenvalue weighted by atomic mass is 79.9. The van der Waals surface area contributed by atoms with Gasteiger partial charge in [-0.3, -0.25) is 0 Å². The first-order valence-corrected chi connectivity index (χ1v) is 5.78. The van der Waals surface area contributed by atoms with Gasteiger partial charge in [-0.15, -0.1) is 0 Å². The van der Waals surface area contributed by atoms with Crippen molar-refractivity contribution < 1.29 is 4.79 Å². The van der Waals surface area contributed by atoms with E-state index in [-0.39, 0.29) is 6.03 Å². The number of carbonyl (C=O) groups is 1. The van der Waals surface area contributed by atoms with Crippen molar-refractivity contribution >= 4 is 33.3 Å². The van der Waals surface area contributed by atoms with E-state index in [2.05, 4.69) is 31.5 Å². The Morgan fingerprint density at radius 2 is 1.71 bits per heavy atom. The van der Waals surface area contributed by atoms with E-state index in [0.717, 1.165) is 10.3 Å². The van der Waals surface area contributed by atoms with Crippen LogP contribution in [-0.4, -0.2) is 11.0 Å². The van der Waals surface area contributed by atoms with Crippen LogP contribution < -0.4 is 10.6 Å². The topological polar surface area (TPSA) is 54.0 Å². The Labute approximate surface area is 107 Å². The number of carbonyl (C=O) groups excluding carboxylic acids is 1. The van der Waals surface area contributed by atoms with Gasteiger partial charge in [0.15, 0.2) is 0 Å². The molecule has 0 aliphatic carbocycles. The second-order valence-corrected chi connectivity index (χ2v) is 4.13. The molecule has 86 valence electrons. The smallest absolute Gasteiger partial charge is 0.308 e. The number of nitrogens with one attached hydrogen (secondary N) is 2. The lowest BCUT2D eigenvalue weighted by atomic mass is 10.3. The second kappa shape index (κ2) is 5.45. The zero-order chi connectivity index (χ0) is 12.1. The number of pyridine rings is 1. The van der Waals surface area contributed by atoms with Gasteiger partial charge in [-0.2, -0.15) is 0 Å². The maximum absolute atomic E-state index is 11.6. The van der Waals surface area contributed by atoms with Gasteiger partial charge in [0.1, 0.15) is 4.60 Å². The van der Waals surface area contributed by atoms with Crippen molar-refractivity contribution in [1.29, 1.82) is 0 Å². The summed E-state index contributed by atoms with van der Waals surface area (Å²) < 4.78 is 0.728. The van der Waals surface area contributed by atoms with E-state index in [1.54, 1.807) is 18.3 Å².